The van der Waals surface area contributed by atoms with Crippen LogP contribution in [0.5, 0.6) is 0 Å². The predicted molar refractivity (Wildman–Crippen MR) is 125 cm³/mol. The zero-order chi connectivity index (χ0) is 23.6. The van der Waals surface area contributed by atoms with Gasteiger partial charge in [0.15, 0.2) is 6.29 Å². The summed E-state index contributed by atoms with van der Waals surface area (Å²) in [6.45, 7) is 13.3. The Labute approximate surface area is 198 Å². The fourth-order valence-corrected chi connectivity index (χ4v) is 10.1. The number of aliphatic hydroxyl groups excluding tert-OH is 2. The van der Waals surface area contributed by atoms with E-state index in [1.54, 1.807) is 0 Å². The van der Waals surface area contributed by atoms with Gasteiger partial charge in [-0.25, -0.2) is 0 Å². The van der Waals surface area contributed by atoms with Gasteiger partial charge in [-0.3, -0.25) is 0 Å². The van der Waals surface area contributed by atoms with Crippen molar-refractivity contribution >= 4 is 0 Å². The molecule has 6 rings (SSSR count). The lowest BCUT2D eigenvalue weighted by molar-refractivity contribution is -0.269. The molecule has 2 aliphatic heterocycles. The van der Waals surface area contributed by atoms with Crippen molar-refractivity contribution in [1.82, 2.24) is 0 Å². The summed E-state index contributed by atoms with van der Waals surface area (Å²) in [5, 5.41) is 34.4. The first-order valence-corrected chi connectivity index (χ1v) is 13.6. The third-order valence-electron chi connectivity index (χ3n) is 11.9. The van der Waals surface area contributed by atoms with Crippen LogP contribution in [0.2, 0.25) is 0 Å². The van der Waals surface area contributed by atoms with Crippen LogP contribution in [0.25, 0.3) is 0 Å². The summed E-state index contributed by atoms with van der Waals surface area (Å²) in [7, 11) is 0. The molecular formula is C28H44O5. The molecule has 33 heavy (non-hydrogen) atoms. The molecule has 1 spiro atoms. The lowest BCUT2D eigenvalue weighted by atomic mass is 9.42. The lowest BCUT2D eigenvalue weighted by Crippen LogP contribution is -2.70. The van der Waals surface area contributed by atoms with E-state index in [0.29, 0.717) is 18.3 Å². The molecule has 0 unspecified atom stereocenters. The second-order valence-corrected chi connectivity index (χ2v) is 13.5. The minimum Gasteiger partial charge on any atom is -0.393 e. The number of fused-ring (bicyclic) bond motifs is 3. The first-order chi connectivity index (χ1) is 15.5. The fraction of sp³-hybridized carbons (Fsp3) is 0.929. The molecule has 2 saturated heterocycles. The normalized spacial score (nSPS) is 58.8. The zero-order valence-corrected chi connectivity index (χ0v) is 20.9. The first-order valence-electron chi connectivity index (χ1n) is 13.6. The Kier molecular flexibility index (Phi) is 4.92. The molecule has 2 heterocycles. The molecule has 0 radical (unpaired) electrons. The van der Waals surface area contributed by atoms with E-state index in [0.717, 1.165) is 51.4 Å². The van der Waals surface area contributed by atoms with Gasteiger partial charge in [0.2, 0.25) is 0 Å². The molecule has 186 valence electrons. The van der Waals surface area contributed by atoms with Gasteiger partial charge < -0.3 is 24.8 Å². The van der Waals surface area contributed by atoms with Crippen molar-refractivity contribution in [2.45, 2.75) is 121 Å². The smallest absolute Gasteiger partial charge is 0.165 e. The monoisotopic (exact) mass is 460 g/mol. The number of aliphatic hydroxyl groups is 3. The Hall–Kier alpha value is -0.460. The summed E-state index contributed by atoms with van der Waals surface area (Å²) >= 11 is 0. The van der Waals surface area contributed by atoms with Gasteiger partial charge in [-0.2, -0.15) is 0 Å². The molecular weight excluding hydrogens is 416 g/mol. The Morgan fingerprint density at radius 3 is 2.55 bits per heavy atom. The summed E-state index contributed by atoms with van der Waals surface area (Å²) in [5.41, 5.74) is -0.351. The maximum absolute atomic E-state index is 12.5. The molecule has 2 bridgehead atoms. The topological polar surface area (TPSA) is 79.2 Å². The van der Waals surface area contributed by atoms with Crippen molar-refractivity contribution in [2.24, 2.45) is 40.4 Å². The summed E-state index contributed by atoms with van der Waals surface area (Å²) < 4.78 is 13.3. The molecule has 6 fully saturated rings. The average Bonchev–Trinajstić information content (AvgIpc) is 3.28. The molecule has 4 saturated carbocycles. The number of ether oxygens (including phenoxy) is 2. The van der Waals surface area contributed by atoms with Gasteiger partial charge in [-0.05, 0) is 87.9 Å². The van der Waals surface area contributed by atoms with Gasteiger partial charge in [0.1, 0.15) is 0 Å². The number of hydrogen-bond acceptors (Lipinski definition) is 5. The van der Waals surface area contributed by atoms with Gasteiger partial charge in [0, 0.05) is 17.3 Å². The van der Waals surface area contributed by atoms with Crippen LogP contribution in [0.15, 0.2) is 12.2 Å². The third kappa shape index (κ3) is 2.72. The van der Waals surface area contributed by atoms with Gasteiger partial charge in [0.05, 0.1) is 29.5 Å². The lowest BCUT2D eigenvalue weighted by Gasteiger charge is -2.65. The molecule has 0 aromatic carbocycles. The van der Waals surface area contributed by atoms with E-state index >= 15 is 0 Å². The second kappa shape index (κ2) is 7.06. The first kappa shape index (κ1) is 23.0. The largest absolute Gasteiger partial charge is 0.393 e. The minimum atomic E-state index is -1.13. The average molecular weight is 461 g/mol. The summed E-state index contributed by atoms with van der Waals surface area (Å²) in [6.07, 6.45) is 6.49. The van der Waals surface area contributed by atoms with Crippen LogP contribution >= 0.6 is 0 Å². The molecule has 3 N–H and O–H groups in total. The Morgan fingerprint density at radius 1 is 1.06 bits per heavy atom. The Balaban J connectivity index is 1.34. The van der Waals surface area contributed by atoms with Crippen LogP contribution in [0, 0.1) is 40.4 Å². The molecule has 0 amide bonds. The highest BCUT2D eigenvalue weighted by atomic mass is 16.7. The highest BCUT2D eigenvalue weighted by Gasteiger charge is 2.82. The van der Waals surface area contributed by atoms with Crippen LogP contribution in [0.4, 0.5) is 0 Å². The van der Waals surface area contributed by atoms with E-state index in [4.69, 9.17) is 9.47 Å². The van der Waals surface area contributed by atoms with Crippen LogP contribution in [-0.4, -0.2) is 51.1 Å². The maximum atomic E-state index is 12.5. The van der Waals surface area contributed by atoms with Crippen LogP contribution in [-0.2, 0) is 9.47 Å². The molecule has 0 aromatic heterocycles. The summed E-state index contributed by atoms with van der Waals surface area (Å²) in [6, 6.07) is 0. The van der Waals surface area contributed by atoms with Crippen molar-refractivity contribution < 1.29 is 24.8 Å². The van der Waals surface area contributed by atoms with Gasteiger partial charge >= 0.3 is 0 Å². The van der Waals surface area contributed by atoms with E-state index in [1.807, 2.05) is 0 Å². The number of rotatable bonds is 4. The van der Waals surface area contributed by atoms with Crippen molar-refractivity contribution in [3.8, 4) is 0 Å². The number of hydrogen-bond donors (Lipinski definition) is 3. The number of allylic oxidation sites excluding steroid dienone is 1. The fourth-order valence-electron chi connectivity index (χ4n) is 10.1. The van der Waals surface area contributed by atoms with Crippen LogP contribution < -0.4 is 0 Å². The highest BCUT2D eigenvalue weighted by molar-refractivity contribution is 5.28. The molecule has 4 aliphatic carbocycles. The predicted octanol–water partition coefficient (Wildman–Crippen LogP) is 4.19. The van der Waals surface area contributed by atoms with Crippen molar-refractivity contribution in [1.29, 1.82) is 0 Å². The van der Waals surface area contributed by atoms with E-state index in [1.165, 1.54) is 5.57 Å². The quantitative estimate of drug-likeness (QED) is 0.549. The molecule has 0 aromatic rings. The van der Waals surface area contributed by atoms with Crippen LogP contribution in [0.3, 0.4) is 0 Å². The zero-order valence-electron chi connectivity index (χ0n) is 20.9. The third-order valence-corrected chi connectivity index (χ3v) is 11.9. The van der Waals surface area contributed by atoms with Crippen molar-refractivity contribution in [3.05, 3.63) is 12.2 Å². The van der Waals surface area contributed by atoms with Gasteiger partial charge in [0.25, 0.3) is 0 Å². The highest BCUT2D eigenvalue weighted by Crippen LogP contribution is 2.77. The maximum Gasteiger partial charge on any atom is 0.165 e. The second-order valence-electron chi connectivity index (χ2n) is 13.5. The van der Waals surface area contributed by atoms with Crippen molar-refractivity contribution in [2.75, 3.05) is 0 Å². The van der Waals surface area contributed by atoms with Crippen molar-refractivity contribution in [3.63, 3.8) is 0 Å². The summed E-state index contributed by atoms with van der Waals surface area (Å²) in [4.78, 5) is 0. The molecule has 5 nitrogen and oxygen atoms in total. The van der Waals surface area contributed by atoms with E-state index in [9.17, 15) is 15.3 Å². The van der Waals surface area contributed by atoms with E-state index < -0.39 is 11.7 Å². The van der Waals surface area contributed by atoms with Gasteiger partial charge in [-0.15, -0.1) is 0 Å². The van der Waals surface area contributed by atoms with Crippen LogP contribution in [0.1, 0.15) is 85.5 Å². The van der Waals surface area contributed by atoms with E-state index in [2.05, 4.69) is 34.3 Å². The van der Waals surface area contributed by atoms with Gasteiger partial charge in [-0.1, -0.05) is 32.9 Å². The minimum absolute atomic E-state index is 0.0327. The molecule has 6 aliphatic rings. The summed E-state index contributed by atoms with van der Waals surface area (Å²) in [5.74, 6) is 1.10. The van der Waals surface area contributed by atoms with E-state index in [-0.39, 0.29) is 52.7 Å². The Morgan fingerprint density at radius 2 is 1.82 bits per heavy atom. The molecule has 5 heteroatoms. The Bertz CT molecular complexity index is 842. The standard InChI is InChI=1S/C28H44O5/c1-15(2)16(3)6-10-26(5)21-14-19-23-27(21,24(32-19)33-26)11-8-20-25(4)9-7-18(29)12-17(25)13-22(30)28(20,23)31/h15,17-24,29-31H,3,6-14H2,1-2,4-5H3/t17-,18+,19-,20-,21-,22+,23-,24+,25+,26-,27+,28-/m1/s1. The molecule has 12 atom stereocenters. The SMILES string of the molecule is C=C(CC[C@@]1(C)O[C@@H]2O[C@@H]3C[C@H]1[C@]21CC[C@@H]2[C@@]4(C)CC[C@H](O)C[C@@H]4C[C@H](O)[C@@]2(O)[C@H]31)C(C)C.